The van der Waals surface area contributed by atoms with E-state index in [1.807, 2.05) is 72.8 Å². The Morgan fingerprint density at radius 3 is 1.94 bits per heavy atom. The number of rotatable bonds is 5. The first-order valence-electron chi connectivity index (χ1n) is 24.0. The quantitative estimate of drug-likeness (QED) is 0.179. The van der Waals surface area contributed by atoms with E-state index in [1.165, 1.54) is 0 Å². The Balaban J connectivity index is 1.17. The highest BCUT2D eigenvalue weighted by atomic mass is 16.3. The summed E-state index contributed by atoms with van der Waals surface area (Å²) in [7, 11) is 0. The van der Waals surface area contributed by atoms with Crippen molar-refractivity contribution in [1.82, 2.24) is 19.5 Å². The predicted molar refractivity (Wildman–Crippen MR) is 221 cm³/mol. The van der Waals surface area contributed by atoms with E-state index in [1.54, 1.807) is 24.3 Å². The fraction of sp³-hybridized carbons (Fsp3) is 0. The van der Waals surface area contributed by atoms with Gasteiger partial charge in [-0.15, -0.1) is 0 Å². The Morgan fingerprint density at radius 2 is 1.17 bits per heavy atom. The molecule has 0 fully saturated rings. The van der Waals surface area contributed by atoms with Gasteiger partial charge >= 0.3 is 0 Å². The van der Waals surface area contributed by atoms with E-state index in [2.05, 4.69) is 0 Å². The zero-order valence-electron chi connectivity index (χ0n) is 41.9. The van der Waals surface area contributed by atoms with Crippen molar-refractivity contribution >= 4 is 54.5 Å². The van der Waals surface area contributed by atoms with Crippen LogP contribution in [-0.4, -0.2) is 19.5 Å². The summed E-state index contributed by atoms with van der Waals surface area (Å²) in [6.45, 7) is 0. The maximum atomic E-state index is 9.76. The van der Waals surface area contributed by atoms with E-state index in [0.717, 1.165) is 15.7 Å². The van der Waals surface area contributed by atoms with Gasteiger partial charge in [-0.1, -0.05) is 133 Å². The number of aromatic nitrogens is 4. The van der Waals surface area contributed by atoms with Gasteiger partial charge in [-0.3, -0.25) is 0 Å². The molecule has 252 valence electrons. The van der Waals surface area contributed by atoms with Gasteiger partial charge in [0.1, 0.15) is 11.2 Å². The molecule has 5 heteroatoms. The summed E-state index contributed by atoms with van der Waals surface area (Å²) >= 11 is 0. The Labute approximate surface area is 330 Å². The summed E-state index contributed by atoms with van der Waals surface area (Å²) in [6, 6.07) is 20.6. The van der Waals surface area contributed by atoms with Crippen LogP contribution in [0.15, 0.2) is 186 Å². The summed E-state index contributed by atoms with van der Waals surface area (Å²) in [5.74, 6) is 1.30. The number of hydrogen-bond acceptors (Lipinski definition) is 4. The molecule has 5 nitrogen and oxygen atoms in total. The number of para-hydroxylation sites is 1. The largest absolute Gasteiger partial charge is 0.456 e. The van der Waals surface area contributed by atoms with Gasteiger partial charge in [-0.2, -0.15) is 0 Å². The Morgan fingerprint density at radius 1 is 0.463 bits per heavy atom. The molecule has 0 bridgehead atoms. The van der Waals surface area contributed by atoms with Crippen LogP contribution >= 0.6 is 0 Å². The lowest BCUT2D eigenvalue weighted by atomic mass is 10.0. The third-order valence-electron chi connectivity index (χ3n) is 9.34. The average Bonchev–Trinajstić information content (AvgIpc) is 3.91. The number of benzene rings is 8. The van der Waals surface area contributed by atoms with Crippen LogP contribution in [0.1, 0.15) is 19.2 Å². The zero-order chi connectivity index (χ0) is 47.8. The average molecular weight is 705 g/mol. The van der Waals surface area contributed by atoms with Crippen LogP contribution < -0.4 is 0 Å². The second-order valence-corrected chi connectivity index (χ2v) is 12.5. The standard InChI is InChI=1S/C49H30N4O/c1-3-13-31(14-4-1)47-50-48(32-15-5-2-6-16-32)52-49(51-47)40-22-12-24-44-46(40)39-26-25-36(30-45(39)54-44)33-19-11-20-37(27-33)53-42-23-10-9-21-38(42)41-28-34-17-7-8-18-35(34)29-43(41)53/h1-30H/i7D,8D,9D,10D,11D,17D,18D,19D,20D,21D,23D,27D,28D,29D. The van der Waals surface area contributed by atoms with Gasteiger partial charge in [0.25, 0.3) is 0 Å². The molecule has 0 spiro atoms. The van der Waals surface area contributed by atoms with Crippen LogP contribution in [-0.2, 0) is 0 Å². The zero-order valence-corrected chi connectivity index (χ0v) is 27.9. The Kier molecular flexibility index (Phi) is 4.36. The number of furan rings is 1. The third-order valence-corrected chi connectivity index (χ3v) is 9.34. The molecule has 0 aliphatic rings. The molecule has 54 heavy (non-hydrogen) atoms. The van der Waals surface area contributed by atoms with Gasteiger partial charge in [-0.25, -0.2) is 15.0 Å². The molecule has 0 saturated heterocycles. The van der Waals surface area contributed by atoms with Gasteiger partial charge in [0.2, 0.25) is 0 Å². The van der Waals surface area contributed by atoms with E-state index in [0.29, 0.717) is 45.0 Å². The van der Waals surface area contributed by atoms with Crippen molar-refractivity contribution in [3.8, 4) is 51.0 Å². The second kappa shape index (κ2) is 12.1. The normalized spacial score (nSPS) is 15.3. The minimum absolute atomic E-state index is 0.155. The molecule has 3 aromatic heterocycles. The van der Waals surface area contributed by atoms with Crippen molar-refractivity contribution < 1.29 is 23.6 Å². The molecule has 8 aromatic carbocycles. The van der Waals surface area contributed by atoms with E-state index >= 15 is 0 Å². The van der Waals surface area contributed by atoms with E-state index in [9.17, 15) is 5.48 Å². The molecule has 3 heterocycles. The summed E-state index contributed by atoms with van der Waals surface area (Å²) in [4.78, 5) is 14.7. The molecule has 0 amide bonds. The Hall–Kier alpha value is -7.37. The van der Waals surface area contributed by atoms with Gasteiger partial charge in [0.05, 0.1) is 30.2 Å². The highest BCUT2D eigenvalue weighted by Crippen LogP contribution is 2.40. The lowest BCUT2D eigenvalue weighted by Crippen LogP contribution is -2.00. The van der Waals surface area contributed by atoms with Crippen LogP contribution in [0.3, 0.4) is 0 Å². The molecule has 0 atom stereocenters. The smallest absolute Gasteiger partial charge is 0.164 e. The second-order valence-electron chi connectivity index (χ2n) is 12.5. The maximum absolute atomic E-state index is 9.76. The molecule has 0 radical (unpaired) electrons. The Bertz CT molecular complexity index is 3970. The molecule has 11 rings (SSSR count). The number of nitrogens with zero attached hydrogens (tertiary/aromatic N) is 4. The summed E-state index contributed by atoms with van der Waals surface area (Å²) in [5.41, 5.74) is 1.91. The van der Waals surface area contributed by atoms with Gasteiger partial charge in [0.15, 0.2) is 17.5 Å². The minimum Gasteiger partial charge on any atom is -0.456 e. The van der Waals surface area contributed by atoms with Crippen LogP contribution in [0, 0.1) is 0 Å². The monoisotopic (exact) mass is 704 g/mol. The van der Waals surface area contributed by atoms with Crippen LogP contribution in [0.2, 0.25) is 0 Å². The van der Waals surface area contributed by atoms with Gasteiger partial charge in [0, 0.05) is 43.9 Å². The van der Waals surface area contributed by atoms with E-state index in [4.69, 9.17) is 33.1 Å². The van der Waals surface area contributed by atoms with Crippen LogP contribution in [0.4, 0.5) is 0 Å². The molecule has 0 unspecified atom stereocenters. The SMILES string of the molecule is [2H]c1c([2H])c(-c2ccc3c(c2)oc2cccc(-c4nc(-c5ccccc5)nc(-c5ccccc5)n4)c23)c([2H])c(-n2c3c([2H])c([2H])c([2H])c([2H])c3c3c([2H])c4c([2H])c([2H])c([2H])c([2H])c4c([2H])c32)c1[2H]. The molecule has 0 N–H and O–H groups in total. The first-order valence-corrected chi connectivity index (χ1v) is 17.0. The third kappa shape index (κ3) is 4.90. The topological polar surface area (TPSA) is 56.7 Å². The highest BCUT2D eigenvalue weighted by Gasteiger charge is 2.19. The van der Waals surface area contributed by atoms with Crippen molar-refractivity contribution in [2.45, 2.75) is 0 Å². The van der Waals surface area contributed by atoms with Crippen LogP contribution in [0.25, 0.3) is 105 Å². The van der Waals surface area contributed by atoms with E-state index in [-0.39, 0.29) is 43.7 Å². The van der Waals surface area contributed by atoms with Gasteiger partial charge in [-0.05, 0) is 70.3 Å². The summed E-state index contributed by atoms with van der Waals surface area (Å²) in [6.07, 6.45) is 0. The fourth-order valence-electron chi connectivity index (χ4n) is 6.89. The van der Waals surface area contributed by atoms with Crippen molar-refractivity contribution in [3.63, 3.8) is 0 Å². The number of fused-ring (bicyclic) bond motifs is 7. The molecule has 11 aromatic rings. The molecular formula is C49H30N4O. The lowest BCUT2D eigenvalue weighted by molar-refractivity contribution is 0.669. The van der Waals surface area contributed by atoms with E-state index < -0.39 is 90.3 Å². The fourth-order valence-corrected chi connectivity index (χ4v) is 6.89. The molecule has 0 aliphatic heterocycles. The minimum atomic E-state index is -0.709. The first kappa shape index (κ1) is 19.5. The van der Waals surface area contributed by atoms with Crippen molar-refractivity contribution in [1.29, 1.82) is 0 Å². The first-order chi connectivity index (χ1) is 32.6. The molecule has 0 saturated carbocycles. The summed E-state index contributed by atoms with van der Waals surface area (Å²) < 4.78 is 133. The summed E-state index contributed by atoms with van der Waals surface area (Å²) in [5, 5.41) is -0.00989. The number of hydrogen-bond donors (Lipinski definition) is 0. The van der Waals surface area contributed by atoms with Gasteiger partial charge < -0.3 is 8.98 Å². The molecule has 0 aliphatic carbocycles. The predicted octanol–water partition coefficient (Wildman–Crippen LogP) is 12.7. The highest BCUT2D eigenvalue weighted by molar-refractivity contribution is 6.14. The maximum Gasteiger partial charge on any atom is 0.164 e. The van der Waals surface area contributed by atoms with Crippen molar-refractivity contribution in [3.05, 3.63) is 182 Å². The lowest BCUT2D eigenvalue weighted by Gasteiger charge is -2.11. The van der Waals surface area contributed by atoms with Crippen molar-refractivity contribution in [2.24, 2.45) is 0 Å². The van der Waals surface area contributed by atoms with Crippen LogP contribution in [0.5, 0.6) is 0 Å². The van der Waals surface area contributed by atoms with Crippen molar-refractivity contribution in [2.75, 3.05) is 0 Å². The molecular weight excluding hydrogens is 661 g/mol.